The molecule has 0 aliphatic carbocycles. The second-order valence-electron chi connectivity index (χ2n) is 7.88. The molecule has 1 saturated heterocycles. The highest BCUT2D eigenvalue weighted by Gasteiger charge is 2.64. The zero-order chi connectivity index (χ0) is 23.8. The molecule has 32 heavy (non-hydrogen) atoms. The van der Waals surface area contributed by atoms with Crippen LogP contribution in [0.5, 0.6) is 0 Å². The van der Waals surface area contributed by atoms with E-state index in [9.17, 15) is 30.0 Å². The van der Waals surface area contributed by atoms with Crippen LogP contribution in [0, 0.1) is 5.92 Å². The fraction of sp³-hybridized carbons (Fsp3) is 0.579. The predicted octanol–water partition coefficient (Wildman–Crippen LogP) is -0.685. The minimum absolute atomic E-state index is 0.203. The molecule has 1 aliphatic rings. The summed E-state index contributed by atoms with van der Waals surface area (Å²) in [6.45, 7) is 2.06. The Hall–Kier alpha value is -2.74. The van der Waals surface area contributed by atoms with Crippen molar-refractivity contribution in [3.8, 4) is 0 Å². The van der Waals surface area contributed by atoms with Gasteiger partial charge in [0.25, 0.3) is 0 Å². The molecule has 0 spiro atoms. The molecule has 0 radical (unpaired) electrons. The van der Waals surface area contributed by atoms with E-state index in [1.54, 1.807) is 12.1 Å². The zero-order valence-corrected chi connectivity index (χ0v) is 17.2. The largest absolute Gasteiger partial charge is 0.477 e. The maximum absolute atomic E-state index is 15.5. The number of ether oxygens (including phenoxy) is 1. The van der Waals surface area contributed by atoms with Crippen LogP contribution in [-0.4, -0.2) is 90.3 Å². The first-order chi connectivity index (χ1) is 15.0. The van der Waals surface area contributed by atoms with Crippen LogP contribution >= 0.6 is 0 Å². The minimum atomic E-state index is -3.96. The summed E-state index contributed by atoms with van der Waals surface area (Å²) in [5.74, 6) is -7.54. The highest BCUT2D eigenvalue weighted by Crippen LogP contribution is 2.42. The Morgan fingerprint density at radius 1 is 1.31 bits per heavy atom. The lowest BCUT2D eigenvalue weighted by Crippen LogP contribution is -2.69. The number of para-hydroxylation sites is 1. The molecule has 1 aromatic carbocycles. The van der Waals surface area contributed by atoms with Gasteiger partial charge in [0.2, 0.25) is 5.91 Å². The third-order valence-electron chi connectivity index (χ3n) is 5.39. The first-order valence-electron chi connectivity index (χ1n) is 9.84. The van der Waals surface area contributed by atoms with Gasteiger partial charge >= 0.3 is 11.8 Å². The van der Waals surface area contributed by atoms with Crippen molar-refractivity contribution in [1.82, 2.24) is 20.3 Å². The molecule has 1 aromatic heterocycles. The first-order valence-corrected chi connectivity index (χ1v) is 9.84. The molecule has 7 atom stereocenters. The molecular formula is C19H24F2N4O7. The minimum Gasteiger partial charge on any atom is -0.477 e. The number of carbonyl (C=O) groups is 2. The topological polar surface area (TPSA) is 167 Å². The second kappa shape index (κ2) is 9.02. The SMILES string of the molecule is CC(C)C(=O)N[C@H]1[C@H]([C@H](O)[C@H](O)CO)OC(F)(C(=O)O)C(F)[C@@H]1n1nnc2ccccc21. The number of rotatable bonds is 7. The highest BCUT2D eigenvalue weighted by atomic mass is 19.2. The van der Waals surface area contributed by atoms with Gasteiger partial charge in [-0.05, 0) is 12.1 Å². The number of carbonyl (C=O) groups excluding carboxylic acids is 1. The summed E-state index contributed by atoms with van der Waals surface area (Å²) in [7, 11) is 0. The van der Waals surface area contributed by atoms with Gasteiger partial charge in [0.15, 0.2) is 6.17 Å². The van der Waals surface area contributed by atoms with Crippen molar-refractivity contribution >= 4 is 22.9 Å². The van der Waals surface area contributed by atoms with Gasteiger partial charge in [0.05, 0.1) is 18.2 Å². The van der Waals surface area contributed by atoms with E-state index < -0.39 is 66.8 Å². The lowest BCUT2D eigenvalue weighted by Gasteiger charge is -2.47. The zero-order valence-electron chi connectivity index (χ0n) is 17.2. The number of alkyl halides is 2. The van der Waals surface area contributed by atoms with Crippen LogP contribution in [0.1, 0.15) is 19.9 Å². The standard InChI is InChI=1S/C19H24F2N4O7/c1-8(2)17(29)22-12-13(25-10-6-4-3-5-9(10)23-24-25)16(20)19(21,18(30)31)32-15(12)14(28)11(27)7-26/h3-6,8,11-16,26-28H,7H2,1-2H3,(H,22,29)(H,30,31)/t11-,12-,13-,14-,15-,16?,19?/m1/s1. The van der Waals surface area contributed by atoms with Crippen molar-refractivity contribution < 1.29 is 43.5 Å². The Kier molecular flexibility index (Phi) is 6.74. The van der Waals surface area contributed by atoms with Gasteiger partial charge in [0, 0.05) is 5.92 Å². The van der Waals surface area contributed by atoms with E-state index in [1.165, 1.54) is 26.0 Å². The fourth-order valence-corrected chi connectivity index (χ4v) is 3.59. The average molecular weight is 458 g/mol. The number of carboxylic acid groups (broad SMARTS) is 1. The number of aliphatic carboxylic acids is 1. The highest BCUT2D eigenvalue weighted by molar-refractivity contribution is 5.80. The van der Waals surface area contributed by atoms with Crippen molar-refractivity contribution in [3.05, 3.63) is 24.3 Å². The summed E-state index contributed by atoms with van der Waals surface area (Å²) >= 11 is 0. The molecule has 3 rings (SSSR count). The van der Waals surface area contributed by atoms with Crippen LogP contribution < -0.4 is 5.32 Å². The Morgan fingerprint density at radius 3 is 2.56 bits per heavy atom. The van der Waals surface area contributed by atoms with Crippen LogP contribution in [-0.2, 0) is 14.3 Å². The van der Waals surface area contributed by atoms with Crippen molar-refractivity contribution in [2.45, 2.75) is 56.3 Å². The van der Waals surface area contributed by atoms with Crippen LogP contribution in [0.2, 0.25) is 0 Å². The summed E-state index contributed by atoms with van der Waals surface area (Å²) in [5, 5.41) is 49.1. The van der Waals surface area contributed by atoms with E-state index >= 15 is 8.78 Å². The van der Waals surface area contributed by atoms with E-state index in [0.717, 1.165) is 4.68 Å². The van der Waals surface area contributed by atoms with Crippen molar-refractivity contribution in [2.24, 2.45) is 5.92 Å². The van der Waals surface area contributed by atoms with E-state index in [0.29, 0.717) is 0 Å². The van der Waals surface area contributed by atoms with Crippen molar-refractivity contribution in [3.63, 3.8) is 0 Å². The monoisotopic (exact) mass is 458 g/mol. The number of aromatic nitrogens is 3. The summed E-state index contributed by atoms with van der Waals surface area (Å²) in [6, 6.07) is 2.77. The molecule has 1 amide bonds. The Labute approximate surface area is 180 Å². The number of aliphatic hydroxyl groups excluding tert-OH is 3. The Morgan fingerprint density at radius 2 is 1.97 bits per heavy atom. The molecule has 0 saturated carbocycles. The van der Waals surface area contributed by atoms with Gasteiger partial charge in [-0.25, -0.2) is 13.9 Å². The number of fused-ring (bicyclic) bond motifs is 1. The maximum atomic E-state index is 15.5. The summed E-state index contributed by atoms with van der Waals surface area (Å²) in [6.07, 6.45) is -8.87. The Balaban J connectivity index is 2.20. The normalized spacial score (nSPS) is 30.2. The molecule has 0 bridgehead atoms. The molecule has 2 heterocycles. The quantitative estimate of drug-likeness (QED) is 0.361. The number of nitrogens with one attached hydrogen (secondary N) is 1. The molecular weight excluding hydrogens is 434 g/mol. The van der Waals surface area contributed by atoms with Gasteiger partial charge in [-0.3, -0.25) is 4.79 Å². The van der Waals surface area contributed by atoms with E-state index in [1.807, 2.05) is 0 Å². The average Bonchev–Trinajstić information content (AvgIpc) is 3.18. The molecule has 11 nitrogen and oxygen atoms in total. The predicted molar refractivity (Wildman–Crippen MR) is 104 cm³/mol. The number of hydrogen-bond donors (Lipinski definition) is 5. The summed E-state index contributed by atoms with van der Waals surface area (Å²) in [5.41, 5.74) is 0.488. The first kappa shape index (κ1) is 23.9. The third kappa shape index (κ3) is 4.03. The van der Waals surface area contributed by atoms with Crippen LogP contribution in [0.3, 0.4) is 0 Å². The number of aliphatic hydroxyl groups is 3. The van der Waals surface area contributed by atoms with E-state index in [-0.39, 0.29) is 11.0 Å². The molecule has 13 heteroatoms. The molecule has 176 valence electrons. The smallest absolute Gasteiger partial charge is 0.372 e. The molecule has 2 aromatic rings. The summed E-state index contributed by atoms with van der Waals surface area (Å²) in [4.78, 5) is 24.1. The Bertz CT molecular complexity index is 989. The number of benzene rings is 1. The van der Waals surface area contributed by atoms with Gasteiger partial charge in [0.1, 0.15) is 29.9 Å². The maximum Gasteiger partial charge on any atom is 0.372 e. The number of carboxylic acids is 1. The van der Waals surface area contributed by atoms with Gasteiger partial charge in [-0.2, -0.15) is 4.39 Å². The molecule has 5 N–H and O–H groups in total. The summed E-state index contributed by atoms with van der Waals surface area (Å²) < 4.78 is 36.6. The van der Waals surface area contributed by atoms with Crippen molar-refractivity contribution in [2.75, 3.05) is 6.61 Å². The number of halogens is 2. The van der Waals surface area contributed by atoms with Crippen LogP contribution in [0.15, 0.2) is 24.3 Å². The number of amides is 1. The molecule has 1 aliphatic heterocycles. The van der Waals surface area contributed by atoms with Gasteiger partial charge < -0.3 is 30.5 Å². The third-order valence-corrected chi connectivity index (χ3v) is 5.39. The van der Waals surface area contributed by atoms with E-state index in [4.69, 9.17) is 4.74 Å². The fourth-order valence-electron chi connectivity index (χ4n) is 3.59. The lowest BCUT2D eigenvalue weighted by molar-refractivity contribution is -0.283. The van der Waals surface area contributed by atoms with Gasteiger partial charge in [-0.15, -0.1) is 5.10 Å². The molecule has 2 unspecified atom stereocenters. The van der Waals surface area contributed by atoms with Crippen LogP contribution in [0.25, 0.3) is 11.0 Å². The lowest BCUT2D eigenvalue weighted by atomic mass is 9.85. The number of nitrogens with zero attached hydrogens (tertiary/aromatic N) is 3. The van der Waals surface area contributed by atoms with Gasteiger partial charge in [-0.1, -0.05) is 31.2 Å². The molecule has 1 fully saturated rings. The van der Waals surface area contributed by atoms with Crippen LogP contribution in [0.4, 0.5) is 8.78 Å². The second-order valence-corrected chi connectivity index (χ2v) is 7.88. The van der Waals surface area contributed by atoms with Crippen molar-refractivity contribution in [1.29, 1.82) is 0 Å². The number of hydrogen-bond acceptors (Lipinski definition) is 8. The van der Waals surface area contributed by atoms with E-state index in [2.05, 4.69) is 15.6 Å².